The van der Waals surface area contributed by atoms with E-state index in [2.05, 4.69) is 19.2 Å². The van der Waals surface area contributed by atoms with Crippen LogP contribution in [0.2, 0.25) is 0 Å². The lowest BCUT2D eigenvalue weighted by Crippen LogP contribution is -2.22. The minimum Gasteiger partial charge on any atom is -0.456 e. The standard InChI is InChI=1S/C15H20FNOS/c1-3-8-19-10-13(17-4-2)14-9-11-6-5-7-12(16)15(11)18-14/h5-7,9,13,17H,3-4,8,10H2,1-2H3. The van der Waals surface area contributed by atoms with E-state index in [4.69, 9.17) is 4.42 Å². The Bertz CT molecular complexity index is 526. The second kappa shape index (κ2) is 6.96. The summed E-state index contributed by atoms with van der Waals surface area (Å²) in [5, 5.41) is 4.23. The lowest BCUT2D eigenvalue weighted by molar-refractivity contribution is 0.453. The Kier molecular flexibility index (Phi) is 5.28. The van der Waals surface area contributed by atoms with E-state index in [1.807, 2.05) is 23.9 Å². The number of halogens is 1. The van der Waals surface area contributed by atoms with Crippen LogP contribution in [0.3, 0.4) is 0 Å². The molecule has 19 heavy (non-hydrogen) atoms. The van der Waals surface area contributed by atoms with Crippen LogP contribution < -0.4 is 5.32 Å². The summed E-state index contributed by atoms with van der Waals surface area (Å²) in [6, 6.07) is 7.12. The van der Waals surface area contributed by atoms with Gasteiger partial charge < -0.3 is 9.73 Å². The highest BCUT2D eigenvalue weighted by Gasteiger charge is 2.16. The van der Waals surface area contributed by atoms with Crippen LogP contribution in [0, 0.1) is 5.82 Å². The third kappa shape index (κ3) is 3.51. The maximum absolute atomic E-state index is 13.6. The second-order valence-corrected chi connectivity index (χ2v) is 5.64. The van der Waals surface area contributed by atoms with Crippen molar-refractivity contribution in [2.75, 3.05) is 18.1 Å². The molecule has 0 aliphatic rings. The third-order valence-corrected chi connectivity index (χ3v) is 4.21. The minimum absolute atomic E-state index is 0.147. The summed E-state index contributed by atoms with van der Waals surface area (Å²) in [6.07, 6.45) is 1.16. The average molecular weight is 281 g/mol. The van der Waals surface area contributed by atoms with Gasteiger partial charge >= 0.3 is 0 Å². The first-order valence-corrected chi connectivity index (χ1v) is 7.90. The van der Waals surface area contributed by atoms with Crippen LogP contribution in [-0.4, -0.2) is 18.1 Å². The maximum Gasteiger partial charge on any atom is 0.169 e. The molecule has 1 aromatic carbocycles. The molecule has 2 rings (SSSR count). The molecule has 4 heteroatoms. The van der Waals surface area contributed by atoms with Gasteiger partial charge in [-0.05, 0) is 30.9 Å². The van der Waals surface area contributed by atoms with Gasteiger partial charge in [0, 0.05) is 11.1 Å². The van der Waals surface area contributed by atoms with E-state index < -0.39 is 0 Å². The molecule has 0 saturated heterocycles. The van der Waals surface area contributed by atoms with Crippen molar-refractivity contribution in [1.82, 2.24) is 5.32 Å². The minimum atomic E-state index is -0.291. The molecule has 2 nitrogen and oxygen atoms in total. The van der Waals surface area contributed by atoms with E-state index >= 15 is 0 Å². The zero-order valence-corrected chi connectivity index (χ0v) is 12.2. The van der Waals surface area contributed by atoms with Crippen LogP contribution in [-0.2, 0) is 0 Å². The molecule has 1 atom stereocenters. The Hall–Kier alpha value is -1.00. The zero-order chi connectivity index (χ0) is 13.7. The molecule has 0 bridgehead atoms. The zero-order valence-electron chi connectivity index (χ0n) is 11.4. The van der Waals surface area contributed by atoms with Crippen molar-refractivity contribution in [3.05, 3.63) is 35.8 Å². The van der Waals surface area contributed by atoms with Crippen molar-refractivity contribution in [3.8, 4) is 0 Å². The van der Waals surface area contributed by atoms with Crippen LogP contribution in [0.1, 0.15) is 32.1 Å². The summed E-state index contributed by atoms with van der Waals surface area (Å²) in [5.41, 5.74) is 0.362. The molecule has 1 N–H and O–H groups in total. The highest BCUT2D eigenvalue weighted by molar-refractivity contribution is 7.99. The van der Waals surface area contributed by atoms with Gasteiger partial charge in [0.2, 0.25) is 0 Å². The summed E-state index contributed by atoms with van der Waals surface area (Å²) < 4.78 is 19.3. The first-order valence-electron chi connectivity index (χ1n) is 6.75. The molecule has 0 amide bonds. The SMILES string of the molecule is CCCSCC(NCC)c1cc2cccc(F)c2o1. The van der Waals surface area contributed by atoms with E-state index in [0.717, 1.165) is 35.6 Å². The van der Waals surface area contributed by atoms with Gasteiger partial charge in [0.25, 0.3) is 0 Å². The number of para-hydroxylation sites is 1. The first-order chi connectivity index (χ1) is 9.26. The fourth-order valence-electron chi connectivity index (χ4n) is 2.05. The van der Waals surface area contributed by atoms with Crippen molar-refractivity contribution in [1.29, 1.82) is 0 Å². The smallest absolute Gasteiger partial charge is 0.169 e. The van der Waals surface area contributed by atoms with Crippen molar-refractivity contribution >= 4 is 22.7 Å². The first kappa shape index (κ1) is 14.4. The van der Waals surface area contributed by atoms with Gasteiger partial charge in [-0.3, -0.25) is 0 Å². The molecule has 1 heterocycles. The molecule has 0 spiro atoms. The number of rotatable bonds is 7. The number of nitrogens with one attached hydrogen (secondary N) is 1. The molecule has 0 fully saturated rings. The molecule has 104 valence electrons. The highest BCUT2D eigenvalue weighted by atomic mass is 32.2. The average Bonchev–Trinajstić information content (AvgIpc) is 2.83. The largest absolute Gasteiger partial charge is 0.456 e. The van der Waals surface area contributed by atoms with Crippen molar-refractivity contribution < 1.29 is 8.81 Å². The fourth-order valence-corrected chi connectivity index (χ4v) is 3.03. The van der Waals surface area contributed by atoms with Crippen molar-refractivity contribution in [2.24, 2.45) is 0 Å². The lowest BCUT2D eigenvalue weighted by atomic mass is 10.2. The number of furan rings is 1. The Morgan fingerprint density at radius 2 is 2.21 bits per heavy atom. The van der Waals surface area contributed by atoms with Crippen LogP contribution >= 0.6 is 11.8 Å². The quantitative estimate of drug-likeness (QED) is 0.763. The number of hydrogen-bond acceptors (Lipinski definition) is 3. The lowest BCUT2D eigenvalue weighted by Gasteiger charge is -2.14. The predicted molar refractivity (Wildman–Crippen MR) is 80.2 cm³/mol. The normalized spacial score (nSPS) is 13.0. The van der Waals surface area contributed by atoms with E-state index in [0.29, 0.717) is 5.58 Å². The molecule has 2 aromatic rings. The van der Waals surface area contributed by atoms with Crippen LogP contribution in [0.5, 0.6) is 0 Å². The van der Waals surface area contributed by atoms with Crippen molar-refractivity contribution in [3.63, 3.8) is 0 Å². The molecule has 0 aliphatic carbocycles. The van der Waals surface area contributed by atoms with Crippen molar-refractivity contribution in [2.45, 2.75) is 26.3 Å². The fraction of sp³-hybridized carbons (Fsp3) is 0.467. The molecule has 1 aromatic heterocycles. The second-order valence-electron chi connectivity index (χ2n) is 4.49. The van der Waals surface area contributed by atoms with Crippen LogP contribution in [0.25, 0.3) is 11.0 Å². The summed E-state index contributed by atoms with van der Waals surface area (Å²) in [4.78, 5) is 0. The van der Waals surface area contributed by atoms with E-state index in [9.17, 15) is 4.39 Å². The summed E-state index contributed by atoms with van der Waals surface area (Å²) in [6.45, 7) is 5.11. The molecular formula is C15H20FNOS. The van der Waals surface area contributed by atoms with Gasteiger partial charge in [-0.2, -0.15) is 11.8 Å². The van der Waals surface area contributed by atoms with Crippen LogP contribution in [0.15, 0.2) is 28.7 Å². The Labute approximate surface area is 117 Å². The van der Waals surface area contributed by atoms with Gasteiger partial charge in [-0.1, -0.05) is 26.0 Å². The molecule has 0 radical (unpaired) electrons. The Morgan fingerprint density at radius 3 is 2.89 bits per heavy atom. The molecular weight excluding hydrogens is 261 g/mol. The Morgan fingerprint density at radius 1 is 1.37 bits per heavy atom. The number of benzene rings is 1. The van der Waals surface area contributed by atoms with E-state index in [-0.39, 0.29) is 11.9 Å². The van der Waals surface area contributed by atoms with E-state index in [1.165, 1.54) is 6.07 Å². The topological polar surface area (TPSA) is 25.2 Å². The Balaban J connectivity index is 2.20. The third-order valence-electron chi connectivity index (χ3n) is 2.94. The number of hydrogen-bond donors (Lipinski definition) is 1. The summed E-state index contributed by atoms with van der Waals surface area (Å²) in [5.74, 6) is 2.62. The summed E-state index contributed by atoms with van der Waals surface area (Å²) >= 11 is 1.89. The van der Waals surface area contributed by atoms with Gasteiger partial charge in [-0.15, -0.1) is 0 Å². The monoisotopic (exact) mass is 281 g/mol. The van der Waals surface area contributed by atoms with E-state index in [1.54, 1.807) is 6.07 Å². The highest BCUT2D eigenvalue weighted by Crippen LogP contribution is 2.27. The van der Waals surface area contributed by atoms with Gasteiger partial charge in [0.1, 0.15) is 5.76 Å². The summed E-state index contributed by atoms with van der Waals surface area (Å²) in [7, 11) is 0. The van der Waals surface area contributed by atoms with Crippen LogP contribution in [0.4, 0.5) is 4.39 Å². The molecule has 0 saturated carbocycles. The predicted octanol–water partition coefficient (Wildman–Crippen LogP) is 4.37. The van der Waals surface area contributed by atoms with Gasteiger partial charge in [-0.25, -0.2) is 4.39 Å². The van der Waals surface area contributed by atoms with Gasteiger partial charge in [0.15, 0.2) is 11.4 Å². The van der Waals surface area contributed by atoms with Gasteiger partial charge in [0.05, 0.1) is 6.04 Å². The molecule has 1 unspecified atom stereocenters. The number of fused-ring (bicyclic) bond motifs is 1. The number of thioether (sulfide) groups is 1. The molecule has 0 aliphatic heterocycles. The maximum atomic E-state index is 13.6.